The molecule has 0 amide bonds. The Labute approximate surface area is 55.7 Å². The van der Waals surface area contributed by atoms with Crippen LogP contribution in [0.2, 0.25) is 0 Å². The molecule has 0 atom stereocenters. The second-order valence-corrected chi connectivity index (χ2v) is 1.71. The first-order valence-corrected chi connectivity index (χ1v) is 2.66. The van der Waals surface area contributed by atoms with Crippen molar-refractivity contribution in [1.29, 1.82) is 0 Å². The van der Waals surface area contributed by atoms with Crippen molar-refractivity contribution in [3.63, 3.8) is 0 Å². The molecule has 50 valence electrons. The molecule has 6 nitrogen and oxygen atoms in total. The maximum absolute atomic E-state index is 5.36. The van der Waals surface area contributed by atoms with Gasteiger partial charge in [0.2, 0.25) is 5.95 Å². The quantitative estimate of drug-likeness (QED) is 0.507. The van der Waals surface area contributed by atoms with Gasteiger partial charge in [0.15, 0.2) is 0 Å². The van der Waals surface area contributed by atoms with Gasteiger partial charge in [-0.05, 0) is 0 Å². The lowest BCUT2D eigenvalue weighted by Gasteiger charge is -1.86. The molecule has 0 aliphatic carbocycles. The first-order chi connectivity index (χ1) is 4.88. The number of fused-ring (bicyclic) bond motifs is 1. The van der Waals surface area contributed by atoms with E-state index in [0.29, 0.717) is 5.78 Å². The molecule has 2 aromatic heterocycles. The van der Waals surface area contributed by atoms with Crippen LogP contribution in [0.15, 0.2) is 12.4 Å². The van der Waals surface area contributed by atoms with Crippen molar-refractivity contribution in [3.8, 4) is 0 Å². The molecule has 2 heterocycles. The zero-order valence-electron chi connectivity index (χ0n) is 4.97. The summed E-state index contributed by atoms with van der Waals surface area (Å²) in [6.45, 7) is 0. The third kappa shape index (κ3) is 0.524. The molecule has 2 N–H and O–H groups in total. The summed E-state index contributed by atoms with van der Waals surface area (Å²) in [5.41, 5.74) is 5.36. The fraction of sp³-hybridized carbons (Fsp3) is 0. The minimum atomic E-state index is 0.253. The van der Waals surface area contributed by atoms with Crippen LogP contribution in [0.1, 0.15) is 0 Å². The lowest BCUT2D eigenvalue weighted by atomic mass is 10.9. The minimum absolute atomic E-state index is 0.253. The topological polar surface area (TPSA) is 82.0 Å². The van der Waals surface area contributed by atoms with Gasteiger partial charge in [-0.15, -0.1) is 10.2 Å². The number of hydrogen-bond acceptors (Lipinski definition) is 5. The molecule has 0 aliphatic heterocycles. The Kier molecular flexibility index (Phi) is 0.830. The van der Waals surface area contributed by atoms with Crippen molar-refractivity contribution >= 4 is 11.7 Å². The van der Waals surface area contributed by atoms with E-state index >= 15 is 0 Å². The zero-order chi connectivity index (χ0) is 6.97. The number of nitrogens with two attached hydrogens (primary N) is 1. The lowest BCUT2D eigenvalue weighted by Crippen LogP contribution is -1.97. The minimum Gasteiger partial charge on any atom is -0.366 e. The highest BCUT2D eigenvalue weighted by Gasteiger charge is 1.99. The van der Waals surface area contributed by atoms with Gasteiger partial charge >= 0.3 is 0 Å². The van der Waals surface area contributed by atoms with Crippen LogP contribution in [-0.2, 0) is 0 Å². The highest BCUT2D eigenvalue weighted by Crippen LogP contribution is 1.95. The van der Waals surface area contributed by atoms with Crippen LogP contribution in [0.3, 0.4) is 0 Å². The third-order valence-electron chi connectivity index (χ3n) is 1.09. The summed E-state index contributed by atoms with van der Waals surface area (Å²) >= 11 is 0. The van der Waals surface area contributed by atoms with E-state index in [1.54, 1.807) is 0 Å². The van der Waals surface area contributed by atoms with Crippen molar-refractivity contribution in [3.05, 3.63) is 12.4 Å². The number of aromatic nitrogens is 5. The van der Waals surface area contributed by atoms with E-state index < -0.39 is 0 Å². The fourth-order valence-electron chi connectivity index (χ4n) is 0.671. The molecule has 0 bridgehead atoms. The Hall–Kier alpha value is -1.72. The van der Waals surface area contributed by atoms with Crippen molar-refractivity contribution in [2.75, 3.05) is 5.73 Å². The first kappa shape index (κ1) is 5.10. The van der Waals surface area contributed by atoms with Crippen LogP contribution in [-0.4, -0.2) is 24.8 Å². The Morgan fingerprint density at radius 2 is 2.20 bits per heavy atom. The number of nitrogens with zero attached hydrogens (tertiary/aromatic N) is 5. The van der Waals surface area contributed by atoms with Gasteiger partial charge < -0.3 is 5.73 Å². The largest absolute Gasteiger partial charge is 0.366 e. The summed E-state index contributed by atoms with van der Waals surface area (Å²) in [6, 6.07) is 0. The molecule has 0 radical (unpaired) electrons. The molecule has 0 fully saturated rings. The van der Waals surface area contributed by atoms with E-state index in [4.69, 9.17) is 5.73 Å². The summed E-state index contributed by atoms with van der Waals surface area (Å²) in [5, 5.41) is 11.0. The lowest BCUT2D eigenvalue weighted by molar-refractivity contribution is 0.909. The van der Waals surface area contributed by atoms with Gasteiger partial charge in [-0.3, -0.25) is 0 Å². The summed E-state index contributed by atoms with van der Waals surface area (Å²) in [7, 11) is 0. The van der Waals surface area contributed by atoms with E-state index in [2.05, 4.69) is 20.3 Å². The van der Waals surface area contributed by atoms with Gasteiger partial charge in [0.25, 0.3) is 5.78 Å². The Morgan fingerprint density at radius 1 is 1.30 bits per heavy atom. The summed E-state index contributed by atoms with van der Waals surface area (Å²) in [5.74, 6) is 0.670. The maximum Gasteiger partial charge on any atom is 0.273 e. The van der Waals surface area contributed by atoms with E-state index in [9.17, 15) is 0 Å². The molecular weight excluding hydrogens is 132 g/mol. The van der Waals surface area contributed by atoms with Gasteiger partial charge in [0.1, 0.15) is 0 Å². The highest BCUT2D eigenvalue weighted by molar-refractivity contribution is 5.31. The average Bonchev–Trinajstić information content (AvgIpc) is 2.34. The van der Waals surface area contributed by atoms with E-state index in [-0.39, 0.29) is 5.95 Å². The van der Waals surface area contributed by atoms with Crippen LogP contribution < -0.4 is 5.73 Å². The zero-order valence-corrected chi connectivity index (χ0v) is 4.97. The SMILES string of the molecule is Nc1nnc2nccnn12. The third-order valence-corrected chi connectivity index (χ3v) is 1.09. The molecule has 2 rings (SSSR count). The van der Waals surface area contributed by atoms with Crippen molar-refractivity contribution in [1.82, 2.24) is 24.8 Å². The number of nitrogen functional groups attached to an aromatic ring is 1. The Balaban J connectivity index is 2.93. The maximum atomic E-state index is 5.36. The number of hydrogen-bond donors (Lipinski definition) is 1. The van der Waals surface area contributed by atoms with E-state index in [0.717, 1.165) is 0 Å². The fourth-order valence-corrected chi connectivity index (χ4v) is 0.671. The Bertz CT molecular complexity index is 351. The molecule has 10 heavy (non-hydrogen) atoms. The van der Waals surface area contributed by atoms with Crippen LogP contribution >= 0.6 is 0 Å². The first-order valence-electron chi connectivity index (χ1n) is 2.66. The van der Waals surface area contributed by atoms with E-state index in [1.165, 1.54) is 16.9 Å². The van der Waals surface area contributed by atoms with Gasteiger partial charge in [-0.2, -0.15) is 9.61 Å². The molecule has 0 aliphatic rings. The second kappa shape index (κ2) is 1.63. The van der Waals surface area contributed by atoms with Gasteiger partial charge in [0, 0.05) is 0 Å². The average molecular weight is 136 g/mol. The van der Waals surface area contributed by atoms with E-state index in [1.807, 2.05) is 0 Å². The molecular formula is C4H4N6. The predicted molar refractivity (Wildman–Crippen MR) is 33.0 cm³/mol. The van der Waals surface area contributed by atoms with Crippen LogP contribution in [0.4, 0.5) is 5.95 Å². The molecule has 2 aromatic rings. The highest BCUT2D eigenvalue weighted by atomic mass is 15.4. The summed E-state index contributed by atoms with van der Waals surface area (Å²) in [4.78, 5) is 3.85. The van der Waals surface area contributed by atoms with Gasteiger partial charge in [0.05, 0.1) is 12.4 Å². The summed E-state index contributed by atoms with van der Waals surface area (Å²) < 4.78 is 1.36. The molecule has 0 unspecified atom stereocenters. The molecule has 0 saturated heterocycles. The molecule has 0 spiro atoms. The second-order valence-electron chi connectivity index (χ2n) is 1.71. The van der Waals surface area contributed by atoms with Gasteiger partial charge in [-0.25, -0.2) is 4.98 Å². The molecule has 0 aromatic carbocycles. The smallest absolute Gasteiger partial charge is 0.273 e. The Morgan fingerprint density at radius 3 is 3.00 bits per heavy atom. The van der Waals surface area contributed by atoms with Crippen LogP contribution in [0.5, 0.6) is 0 Å². The normalized spacial score (nSPS) is 10.4. The predicted octanol–water partition coefficient (Wildman–Crippen LogP) is -0.899. The van der Waals surface area contributed by atoms with Crippen molar-refractivity contribution in [2.24, 2.45) is 0 Å². The van der Waals surface area contributed by atoms with Crippen molar-refractivity contribution < 1.29 is 0 Å². The number of anilines is 1. The van der Waals surface area contributed by atoms with Crippen molar-refractivity contribution in [2.45, 2.75) is 0 Å². The van der Waals surface area contributed by atoms with Crippen LogP contribution in [0.25, 0.3) is 5.78 Å². The summed E-state index contributed by atoms with van der Waals surface area (Å²) in [6.07, 6.45) is 3.05. The molecule has 6 heteroatoms. The molecule has 0 saturated carbocycles. The van der Waals surface area contributed by atoms with Gasteiger partial charge in [-0.1, -0.05) is 0 Å². The standard InChI is InChI=1S/C4H4N6/c5-3-8-9-4-6-1-2-7-10(3)4/h1-2H,(H2,5,8). The number of rotatable bonds is 0. The van der Waals surface area contributed by atoms with Crippen LogP contribution in [0, 0.1) is 0 Å². The monoisotopic (exact) mass is 136 g/mol.